The highest BCUT2D eigenvalue weighted by atomic mass is 32.1. The van der Waals surface area contributed by atoms with Gasteiger partial charge in [0.05, 0.1) is 27.1 Å². The number of benzene rings is 4. The van der Waals surface area contributed by atoms with Crippen molar-refractivity contribution in [3.05, 3.63) is 157 Å². The van der Waals surface area contributed by atoms with Crippen LogP contribution in [0.15, 0.2) is 147 Å². The van der Waals surface area contributed by atoms with Crippen molar-refractivity contribution in [2.75, 3.05) is 0 Å². The van der Waals surface area contributed by atoms with Gasteiger partial charge in [-0.2, -0.15) is 0 Å². The lowest BCUT2D eigenvalue weighted by molar-refractivity contribution is 1.19. The first kappa shape index (κ1) is 29.0. The zero-order valence-electron chi connectivity index (χ0n) is 26.8. The molecule has 4 aromatic carbocycles. The van der Waals surface area contributed by atoms with Crippen molar-refractivity contribution in [1.82, 2.24) is 19.5 Å². The van der Waals surface area contributed by atoms with Crippen molar-refractivity contribution in [2.45, 2.75) is 6.92 Å². The van der Waals surface area contributed by atoms with Crippen molar-refractivity contribution in [3.8, 4) is 39.3 Å². The summed E-state index contributed by atoms with van der Waals surface area (Å²) in [5.41, 5.74) is 10.6. The Labute approximate surface area is 288 Å². The molecule has 4 nitrogen and oxygen atoms in total. The molecule has 0 spiro atoms. The molecule has 0 N–H and O–H groups in total. The van der Waals surface area contributed by atoms with Crippen LogP contribution in [0.25, 0.3) is 94.1 Å². The van der Waals surface area contributed by atoms with Crippen molar-refractivity contribution in [1.29, 1.82) is 0 Å². The fourth-order valence-electron chi connectivity index (χ4n) is 7.12. The number of aromatic nitrogens is 4. The fourth-order valence-corrected chi connectivity index (χ4v) is 8.31. The lowest BCUT2D eigenvalue weighted by atomic mass is 9.97. The number of rotatable bonds is 6. The molecule has 0 fully saturated rings. The summed E-state index contributed by atoms with van der Waals surface area (Å²) in [6, 6.07) is 38.8. The second-order valence-corrected chi connectivity index (χ2v) is 13.1. The minimum Gasteiger partial charge on any atom is -0.308 e. The van der Waals surface area contributed by atoms with Gasteiger partial charge in [-0.3, -0.25) is 9.97 Å². The number of hydrogen-bond donors (Lipinski definition) is 0. The highest BCUT2D eigenvalue weighted by Crippen LogP contribution is 2.47. The maximum atomic E-state index is 5.01. The third-order valence-corrected chi connectivity index (χ3v) is 10.5. The van der Waals surface area contributed by atoms with Crippen LogP contribution in [0.1, 0.15) is 17.4 Å². The molecule has 0 aliphatic rings. The summed E-state index contributed by atoms with van der Waals surface area (Å²) >= 11 is 1.82. The van der Waals surface area contributed by atoms with Gasteiger partial charge in [0.15, 0.2) is 0 Å². The molecule has 0 atom stereocenters. The lowest BCUT2D eigenvalue weighted by Crippen LogP contribution is -1.95. The van der Waals surface area contributed by atoms with Crippen molar-refractivity contribution >= 4 is 66.2 Å². The molecule has 0 saturated carbocycles. The molecular formula is C44H30N4S. The zero-order valence-corrected chi connectivity index (χ0v) is 27.7. The maximum absolute atomic E-state index is 5.01. The van der Waals surface area contributed by atoms with Crippen LogP contribution in [-0.2, 0) is 0 Å². The first-order chi connectivity index (χ1) is 24.2. The van der Waals surface area contributed by atoms with Crippen molar-refractivity contribution in [2.24, 2.45) is 0 Å². The van der Waals surface area contributed by atoms with Gasteiger partial charge in [-0.05, 0) is 83.4 Å². The molecule has 0 bridgehead atoms. The molecule has 0 unspecified atom stereocenters. The van der Waals surface area contributed by atoms with Gasteiger partial charge in [-0.15, -0.1) is 11.3 Å². The van der Waals surface area contributed by atoms with E-state index < -0.39 is 0 Å². The lowest BCUT2D eigenvalue weighted by Gasteiger charge is -2.13. The number of para-hydroxylation sites is 1. The van der Waals surface area contributed by atoms with Gasteiger partial charge in [0.25, 0.3) is 0 Å². The average molecular weight is 647 g/mol. The number of fused-ring (bicyclic) bond motifs is 8. The van der Waals surface area contributed by atoms with Crippen LogP contribution < -0.4 is 0 Å². The molecule has 49 heavy (non-hydrogen) atoms. The molecule has 0 aliphatic carbocycles. The maximum Gasteiger partial charge on any atom is 0.0731 e. The molecule has 0 amide bonds. The van der Waals surface area contributed by atoms with E-state index in [9.17, 15) is 0 Å². The zero-order chi connectivity index (χ0) is 32.9. The van der Waals surface area contributed by atoms with Crippen molar-refractivity contribution in [3.63, 3.8) is 0 Å². The van der Waals surface area contributed by atoms with E-state index in [1.165, 1.54) is 53.1 Å². The number of nitrogens with zero attached hydrogens (tertiary/aromatic N) is 4. The second kappa shape index (κ2) is 11.8. The minimum atomic E-state index is 0.873. The van der Waals surface area contributed by atoms with E-state index in [2.05, 4.69) is 125 Å². The van der Waals surface area contributed by atoms with E-state index >= 15 is 0 Å². The van der Waals surface area contributed by atoms with Crippen LogP contribution in [-0.4, -0.2) is 19.5 Å². The van der Waals surface area contributed by atoms with Gasteiger partial charge in [0.1, 0.15) is 0 Å². The van der Waals surface area contributed by atoms with E-state index in [1.54, 1.807) is 12.4 Å². The number of thiophene rings is 1. The van der Waals surface area contributed by atoms with Crippen LogP contribution in [0, 0.1) is 0 Å². The predicted octanol–water partition coefficient (Wildman–Crippen LogP) is 12.0. The van der Waals surface area contributed by atoms with E-state index in [4.69, 9.17) is 4.98 Å². The summed E-state index contributed by atoms with van der Waals surface area (Å²) < 4.78 is 3.72. The Kier molecular flexibility index (Phi) is 6.99. The van der Waals surface area contributed by atoms with Gasteiger partial charge in [-0.25, -0.2) is 4.98 Å². The van der Waals surface area contributed by atoms with Crippen LogP contribution in [0.5, 0.6) is 0 Å². The Balaban J connectivity index is 1.29. The van der Waals surface area contributed by atoms with Crippen molar-refractivity contribution < 1.29 is 0 Å². The third kappa shape index (κ3) is 4.70. The van der Waals surface area contributed by atoms with Crippen LogP contribution >= 0.6 is 11.3 Å². The fraction of sp³-hybridized carbons (Fsp3) is 0.0227. The van der Waals surface area contributed by atoms with Gasteiger partial charge in [0.2, 0.25) is 0 Å². The third-order valence-electron chi connectivity index (χ3n) is 9.25. The summed E-state index contributed by atoms with van der Waals surface area (Å²) in [6.07, 6.45) is 13.6. The highest BCUT2D eigenvalue weighted by Gasteiger charge is 2.22. The molecule has 0 radical (unpaired) electrons. The Morgan fingerprint density at radius 3 is 1.90 bits per heavy atom. The molecule has 0 saturated heterocycles. The van der Waals surface area contributed by atoms with Gasteiger partial charge in [-0.1, -0.05) is 79.4 Å². The Bertz CT molecular complexity index is 2660. The van der Waals surface area contributed by atoms with Crippen LogP contribution in [0.4, 0.5) is 0 Å². The Morgan fingerprint density at radius 1 is 0.653 bits per heavy atom. The predicted molar refractivity (Wildman–Crippen MR) is 208 cm³/mol. The van der Waals surface area contributed by atoms with Gasteiger partial charge in [0, 0.05) is 68.2 Å². The molecular weight excluding hydrogens is 617 g/mol. The van der Waals surface area contributed by atoms with E-state index in [0.29, 0.717) is 0 Å². The van der Waals surface area contributed by atoms with Gasteiger partial charge < -0.3 is 4.57 Å². The van der Waals surface area contributed by atoms with E-state index in [-0.39, 0.29) is 0 Å². The SMILES string of the molecule is C=Cc1sc2c(c1/C=C\C)c1ccccc1c1c3ccccc3n(-c3ccc(-c4cc(-c5cccnc5)nc(-c5cccnc5)c4)cc3)c21. The smallest absolute Gasteiger partial charge is 0.0731 e. The number of allylic oxidation sites excluding steroid dienone is 1. The van der Waals surface area contributed by atoms with Gasteiger partial charge >= 0.3 is 0 Å². The molecule has 5 heterocycles. The quantitative estimate of drug-likeness (QED) is 0.181. The monoisotopic (exact) mass is 646 g/mol. The average Bonchev–Trinajstić information content (AvgIpc) is 3.72. The summed E-state index contributed by atoms with van der Waals surface area (Å²) in [4.78, 5) is 14.9. The Hall–Kier alpha value is -6.17. The first-order valence-corrected chi connectivity index (χ1v) is 17.1. The molecule has 0 aliphatic heterocycles. The topological polar surface area (TPSA) is 43.6 Å². The molecule has 9 rings (SSSR count). The van der Waals surface area contributed by atoms with Crippen LogP contribution in [0.3, 0.4) is 0 Å². The largest absolute Gasteiger partial charge is 0.308 e. The molecule has 232 valence electrons. The first-order valence-electron chi connectivity index (χ1n) is 16.3. The summed E-state index contributed by atoms with van der Waals surface area (Å²) in [7, 11) is 0. The second-order valence-electron chi connectivity index (χ2n) is 12.1. The summed E-state index contributed by atoms with van der Waals surface area (Å²) in [6.45, 7) is 6.28. The molecule has 5 heteroatoms. The molecule has 9 aromatic rings. The number of pyridine rings is 3. The van der Waals surface area contributed by atoms with Crippen LogP contribution in [0.2, 0.25) is 0 Å². The number of hydrogen-bond acceptors (Lipinski definition) is 4. The molecule has 5 aromatic heterocycles. The summed E-state index contributed by atoms with van der Waals surface area (Å²) in [5, 5.41) is 6.34. The van der Waals surface area contributed by atoms with E-state index in [0.717, 1.165) is 39.3 Å². The highest BCUT2D eigenvalue weighted by molar-refractivity contribution is 7.21. The standard InChI is InChI=1S/C44H30N4S/c1-3-11-36-40(4-2)49-44-42(36)34-15-6-5-14-33(34)41-35-16-7-8-17-39(35)48(43(41)44)32-20-18-28(19-21-32)31-24-37(29-12-9-22-45-26-29)47-38(25-31)30-13-10-23-46-27-30/h3-27H,2H2,1H3/b11-3-. The normalized spacial score (nSPS) is 11.8. The summed E-state index contributed by atoms with van der Waals surface area (Å²) in [5.74, 6) is 0. The Morgan fingerprint density at radius 2 is 1.29 bits per heavy atom. The minimum absolute atomic E-state index is 0.873. The van der Waals surface area contributed by atoms with E-state index in [1.807, 2.05) is 54.1 Å².